The number of amides is 1. The maximum atomic E-state index is 12.5. The summed E-state index contributed by atoms with van der Waals surface area (Å²) in [7, 11) is 0. The number of furan rings is 1. The molecule has 1 atom stereocenters. The summed E-state index contributed by atoms with van der Waals surface area (Å²) in [6.45, 7) is 3.31. The van der Waals surface area contributed by atoms with Gasteiger partial charge in [-0.1, -0.05) is 103 Å². The molecule has 1 aliphatic heterocycles. The topological polar surface area (TPSA) is 59.8 Å². The zero-order valence-corrected chi connectivity index (χ0v) is 21.0. The highest BCUT2D eigenvalue weighted by Gasteiger charge is 2.36. The SMILES string of the molecule is CCCCCCCCCCCCCCCCCCOC(=O)C1CCCN1C(=O)c1ccco1. The monoisotopic (exact) mass is 461 g/mol. The molecule has 1 saturated heterocycles. The van der Waals surface area contributed by atoms with Crippen LogP contribution in [0, 0.1) is 0 Å². The number of hydrogen-bond acceptors (Lipinski definition) is 4. The number of ether oxygens (including phenoxy) is 1. The fourth-order valence-corrected chi connectivity index (χ4v) is 4.72. The van der Waals surface area contributed by atoms with E-state index >= 15 is 0 Å². The minimum absolute atomic E-state index is 0.221. The molecule has 188 valence electrons. The first-order valence-electron chi connectivity index (χ1n) is 13.7. The molecule has 0 N–H and O–H groups in total. The van der Waals surface area contributed by atoms with Crippen LogP contribution in [0.15, 0.2) is 22.8 Å². The second-order valence-electron chi connectivity index (χ2n) is 9.60. The van der Waals surface area contributed by atoms with E-state index in [1.165, 1.54) is 96.2 Å². The Hall–Kier alpha value is -1.78. The van der Waals surface area contributed by atoms with Crippen LogP contribution in [0.5, 0.6) is 0 Å². The van der Waals surface area contributed by atoms with Gasteiger partial charge in [0.25, 0.3) is 5.91 Å². The molecular weight excluding hydrogens is 414 g/mol. The Morgan fingerprint density at radius 3 is 1.94 bits per heavy atom. The Kier molecular flexibility index (Phi) is 14.7. The van der Waals surface area contributed by atoms with E-state index in [1.54, 1.807) is 17.0 Å². The second-order valence-corrected chi connectivity index (χ2v) is 9.60. The molecule has 5 nitrogen and oxygen atoms in total. The number of likely N-dealkylation sites (tertiary alicyclic amines) is 1. The van der Waals surface area contributed by atoms with Gasteiger partial charge in [-0.2, -0.15) is 0 Å². The first kappa shape index (κ1) is 27.5. The van der Waals surface area contributed by atoms with Crippen LogP contribution >= 0.6 is 0 Å². The molecule has 1 amide bonds. The van der Waals surface area contributed by atoms with Crippen molar-refractivity contribution in [3.05, 3.63) is 24.2 Å². The van der Waals surface area contributed by atoms with E-state index in [-0.39, 0.29) is 17.6 Å². The van der Waals surface area contributed by atoms with E-state index in [0.29, 0.717) is 19.6 Å². The third kappa shape index (κ3) is 11.3. The lowest BCUT2D eigenvalue weighted by Gasteiger charge is -2.22. The van der Waals surface area contributed by atoms with Crippen molar-refractivity contribution in [1.82, 2.24) is 4.90 Å². The zero-order chi connectivity index (χ0) is 23.6. The zero-order valence-electron chi connectivity index (χ0n) is 21.0. The summed E-state index contributed by atoms with van der Waals surface area (Å²) in [4.78, 5) is 26.5. The molecular formula is C28H47NO4. The largest absolute Gasteiger partial charge is 0.464 e. The first-order valence-corrected chi connectivity index (χ1v) is 13.7. The van der Waals surface area contributed by atoms with Gasteiger partial charge in [0.05, 0.1) is 12.9 Å². The van der Waals surface area contributed by atoms with Gasteiger partial charge < -0.3 is 14.1 Å². The van der Waals surface area contributed by atoms with Crippen molar-refractivity contribution in [2.75, 3.05) is 13.2 Å². The Labute approximate surface area is 201 Å². The second kappa shape index (κ2) is 17.7. The van der Waals surface area contributed by atoms with Gasteiger partial charge in [-0.3, -0.25) is 4.79 Å². The summed E-state index contributed by atoms with van der Waals surface area (Å²) < 4.78 is 10.7. The minimum Gasteiger partial charge on any atom is -0.464 e. The third-order valence-electron chi connectivity index (χ3n) is 6.76. The number of carbonyl (C=O) groups is 2. The molecule has 0 aromatic carbocycles. The van der Waals surface area contributed by atoms with Gasteiger partial charge in [-0.05, 0) is 31.4 Å². The van der Waals surface area contributed by atoms with Gasteiger partial charge >= 0.3 is 5.97 Å². The van der Waals surface area contributed by atoms with Crippen LogP contribution in [-0.2, 0) is 9.53 Å². The Bertz CT molecular complexity index is 628. The molecule has 1 fully saturated rings. The summed E-state index contributed by atoms with van der Waals surface area (Å²) in [6, 6.07) is 2.86. The van der Waals surface area contributed by atoms with E-state index in [0.717, 1.165) is 19.3 Å². The maximum Gasteiger partial charge on any atom is 0.328 e. The molecule has 0 spiro atoms. The van der Waals surface area contributed by atoms with Gasteiger partial charge in [0, 0.05) is 6.54 Å². The molecule has 1 aromatic heterocycles. The van der Waals surface area contributed by atoms with Crippen LogP contribution in [0.25, 0.3) is 0 Å². The highest BCUT2D eigenvalue weighted by Crippen LogP contribution is 2.22. The fourth-order valence-electron chi connectivity index (χ4n) is 4.72. The van der Waals surface area contributed by atoms with Crippen LogP contribution in [0.2, 0.25) is 0 Å². The average molecular weight is 462 g/mol. The first-order chi connectivity index (χ1) is 16.2. The summed E-state index contributed by atoms with van der Waals surface area (Å²) >= 11 is 0. The Morgan fingerprint density at radius 2 is 1.42 bits per heavy atom. The van der Waals surface area contributed by atoms with Crippen molar-refractivity contribution in [2.45, 2.75) is 129 Å². The summed E-state index contributed by atoms with van der Waals surface area (Å²) in [6.07, 6.45) is 24.2. The predicted octanol–water partition coefficient (Wildman–Crippen LogP) is 7.69. The lowest BCUT2D eigenvalue weighted by atomic mass is 10.0. The van der Waals surface area contributed by atoms with Crippen molar-refractivity contribution in [1.29, 1.82) is 0 Å². The lowest BCUT2D eigenvalue weighted by molar-refractivity contribution is -0.148. The van der Waals surface area contributed by atoms with E-state index in [1.807, 2.05) is 0 Å². The van der Waals surface area contributed by atoms with E-state index < -0.39 is 6.04 Å². The van der Waals surface area contributed by atoms with Crippen molar-refractivity contribution in [2.24, 2.45) is 0 Å². The highest BCUT2D eigenvalue weighted by atomic mass is 16.5. The van der Waals surface area contributed by atoms with E-state index in [9.17, 15) is 9.59 Å². The smallest absolute Gasteiger partial charge is 0.328 e. The molecule has 5 heteroatoms. The fraction of sp³-hybridized carbons (Fsp3) is 0.786. The lowest BCUT2D eigenvalue weighted by Crippen LogP contribution is -2.41. The number of esters is 1. The van der Waals surface area contributed by atoms with Crippen molar-refractivity contribution < 1.29 is 18.7 Å². The molecule has 0 radical (unpaired) electrons. The summed E-state index contributed by atoms with van der Waals surface area (Å²) in [5, 5.41) is 0. The molecule has 0 aliphatic carbocycles. The summed E-state index contributed by atoms with van der Waals surface area (Å²) in [5.74, 6) is -0.206. The molecule has 1 aromatic rings. The average Bonchev–Trinajstić information content (AvgIpc) is 3.53. The number of nitrogens with zero attached hydrogens (tertiary/aromatic N) is 1. The molecule has 1 aliphatic rings. The molecule has 2 heterocycles. The predicted molar refractivity (Wildman–Crippen MR) is 133 cm³/mol. The molecule has 0 bridgehead atoms. The maximum absolute atomic E-state index is 12.5. The van der Waals surface area contributed by atoms with E-state index in [2.05, 4.69) is 6.92 Å². The Morgan fingerprint density at radius 1 is 0.879 bits per heavy atom. The van der Waals surface area contributed by atoms with Crippen molar-refractivity contribution in [3.8, 4) is 0 Å². The molecule has 2 rings (SSSR count). The number of rotatable bonds is 19. The van der Waals surface area contributed by atoms with Gasteiger partial charge in [-0.25, -0.2) is 4.79 Å². The third-order valence-corrected chi connectivity index (χ3v) is 6.76. The molecule has 0 saturated carbocycles. The number of carbonyl (C=O) groups excluding carboxylic acids is 2. The number of unbranched alkanes of at least 4 members (excludes halogenated alkanes) is 15. The van der Waals surface area contributed by atoms with Crippen molar-refractivity contribution in [3.63, 3.8) is 0 Å². The van der Waals surface area contributed by atoms with Gasteiger partial charge in [0.1, 0.15) is 6.04 Å². The minimum atomic E-state index is -0.469. The van der Waals surface area contributed by atoms with Gasteiger partial charge in [0.2, 0.25) is 0 Å². The van der Waals surface area contributed by atoms with Crippen LogP contribution in [0.3, 0.4) is 0 Å². The molecule has 33 heavy (non-hydrogen) atoms. The molecule has 1 unspecified atom stereocenters. The highest BCUT2D eigenvalue weighted by molar-refractivity contribution is 5.94. The van der Waals surface area contributed by atoms with Crippen LogP contribution in [0.4, 0.5) is 0 Å². The Balaban J connectivity index is 1.38. The normalized spacial score (nSPS) is 15.8. The van der Waals surface area contributed by atoms with Gasteiger partial charge in [0.15, 0.2) is 5.76 Å². The summed E-state index contributed by atoms with van der Waals surface area (Å²) in [5.41, 5.74) is 0. The quantitative estimate of drug-likeness (QED) is 0.156. The van der Waals surface area contributed by atoms with Crippen LogP contribution < -0.4 is 0 Å². The van der Waals surface area contributed by atoms with Crippen LogP contribution in [-0.4, -0.2) is 36.0 Å². The van der Waals surface area contributed by atoms with Gasteiger partial charge in [-0.15, -0.1) is 0 Å². The van der Waals surface area contributed by atoms with Crippen LogP contribution in [0.1, 0.15) is 133 Å². The van der Waals surface area contributed by atoms with Crippen molar-refractivity contribution >= 4 is 11.9 Å². The standard InChI is InChI=1S/C28H47NO4/c1-2-3-4-5-6-7-8-9-10-11-12-13-14-15-16-17-23-33-28(31)25-20-18-22-29(25)27(30)26-21-19-24-32-26/h19,21,24-25H,2-18,20,22-23H2,1H3. The number of hydrogen-bond donors (Lipinski definition) is 0. The van der Waals surface area contributed by atoms with E-state index in [4.69, 9.17) is 9.15 Å².